The molecule has 0 saturated carbocycles. The van der Waals surface area contributed by atoms with E-state index in [1.807, 2.05) is 43.3 Å². The number of benzene rings is 2. The number of nitrogens with one attached hydrogen (secondary N) is 1. The fourth-order valence-electron chi connectivity index (χ4n) is 4.20. The fourth-order valence-corrected chi connectivity index (χ4v) is 4.42. The minimum absolute atomic E-state index is 0.121. The molecule has 0 spiro atoms. The van der Waals surface area contributed by atoms with Crippen molar-refractivity contribution in [3.63, 3.8) is 0 Å². The van der Waals surface area contributed by atoms with Crippen molar-refractivity contribution < 1.29 is 24.4 Å². The van der Waals surface area contributed by atoms with Crippen LogP contribution < -0.4 is 14.8 Å². The van der Waals surface area contributed by atoms with Gasteiger partial charge in [-0.1, -0.05) is 23.7 Å². The first kappa shape index (κ1) is 23.3. The zero-order valence-corrected chi connectivity index (χ0v) is 19.2. The van der Waals surface area contributed by atoms with Crippen molar-refractivity contribution in [2.24, 2.45) is 5.92 Å². The molecular formula is C25H32ClNO5. The summed E-state index contributed by atoms with van der Waals surface area (Å²) < 4.78 is 17.8. The van der Waals surface area contributed by atoms with Crippen molar-refractivity contribution in [1.29, 1.82) is 0 Å². The third kappa shape index (κ3) is 5.74. The van der Waals surface area contributed by atoms with Gasteiger partial charge in [0.05, 0.1) is 38.1 Å². The number of ether oxygens (including phenoxy) is 3. The van der Waals surface area contributed by atoms with Crippen molar-refractivity contribution in [2.75, 3.05) is 32.9 Å². The number of hydrogen-bond donors (Lipinski definition) is 3. The molecule has 3 N–H and O–H groups in total. The van der Waals surface area contributed by atoms with Crippen LogP contribution in [0.2, 0.25) is 5.02 Å². The Labute approximate surface area is 194 Å². The Bertz CT molecular complexity index is 887. The largest absolute Gasteiger partial charge is 0.494 e. The van der Waals surface area contributed by atoms with Gasteiger partial charge in [0.25, 0.3) is 0 Å². The number of aliphatic hydroxyl groups is 2. The van der Waals surface area contributed by atoms with Gasteiger partial charge in [-0.15, -0.1) is 0 Å². The van der Waals surface area contributed by atoms with Gasteiger partial charge in [-0.2, -0.15) is 0 Å². The van der Waals surface area contributed by atoms with Crippen LogP contribution in [0, 0.1) is 5.92 Å². The molecule has 3 atom stereocenters. The van der Waals surface area contributed by atoms with E-state index in [9.17, 15) is 10.2 Å². The molecule has 0 bridgehead atoms. The summed E-state index contributed by atoms with van der Waals surface area (Å²) in [6, 6.07) is 11.9. The average Bonchev–Trinajstić information content (AvgIpc) is 2.75. The van der Waals surface area contributed by atoms with Gasteiger partial charge in [-0.3, -0.25) is 0 Å². The summed E-state index contributed by atoms with van der Waals surface area (Å²) in [5, 5.41) is 23.8. The molecule has 6 nitrogen and oxygen atoms in total. The topological polar surface area (TPSA) is 80.2 Å². The number of rotatable bonds is 9. The van der Waals surface area contributed by atoms with Crippen molar-refractivity contribution in [3.8, 4) is 11.5 Å². The lowest BCUT2D eigenvalue weighted by molar-refractivity contribution is -0.114. The predicted molar refractivity (Wildman–Crippen MR) is 124 cm³/mol. The van der Waals surface area contributed by atoms with Gasteiger partial charge in [0.2, 0.25) is 0 Å². The molecule has 0 amide bonds. The zero-order valence-electron chi connectivity index (χ0n) is 18.4. The molecule has 2 aromatic rings. The summed E-state index contributed by atoms with van der Waals surface area (Å²) in [6.45, 7) is 4.98. The second-order valence-electron chi connectivity index (χ2n) is 8.62. The molecular weight excluding hydrogens is 430 g/mol. The van der Waals surface area contributed by atoms with Gasteiger partial charge in [-0.25, -0.2) is 0 Å². The molecule has 2 aliphatic rings. The summed E-state index contributed by atoms with van der Waals surface area (Å²) in [5.74, 6) is 2.01. The molecule has 32 heavy (non-hydrogen) atoms. The van der Waals surface area contributed by atoms with Crippen LogP contribution in [0.25, 0.3) is 0 Å². The standard InChI is InChI=1S/C25H32ClNO5/c1-2-30-20-5-3-16(4-6-20)7-18-8-22(25-10-19(29)9-21(14-28)32-25)24(11-23(18)26)31-15-17-12-27-13-17/h3-6,8,11,17,19,21,25,27-29H,2,7,9-10,12-15H2,1H3/t19?,21-,25+/m0/s1. The SMILES string of the molecule is CCOc1ccc(Cc2cc([C@H]3CC(O)C[C@@H](CO)O3)c(OCC3CNC3)cc2Cl)cc1. The van der Waals surface area contributed by atoms with Gasteiger partial charge >= 0.3 is 0 Å². The highest BCUT2D eigenvalue weighted by atomic mass is 35.5. The summed E-state index contributed by atoms with van der Waals surface area (Å²) in [6.07, 6.45) is 0.272. The highest BCUT2D eigenvalue weighted by molar-refractivity contribution is 6.31. The predicted octanol–water partition coefficient (Wildman–Crippen LogP) is 3.50. The minimum atomic E-state index is -0.528. The Hall–Kier alpha value is -1.83. The van der Waals surface area contributed by atoms with Crippen LogP contribution >= 0.6 is 11.6 Å². The highest BCUT2D eigenvalue weighted by Crippen LogP contribution is 2.40. The van der Waals surface area contributed by atoms with Crippen LogP contribution in [0.3, 0.4) is 0 Å². The maximum atomic E-state index is 10.3. The van der Waals surface area contributed by atoms with E-state index < -0.39 is 12.2 Å². The summed E-state index contributed by atoms with van der Waals surface area (Å²) in [5.41, 5.74) is 2.96. The molecule has 2 aromatic carbocycles. The first-order chi connectivity index (χ1) is 15.6. The van der Waals surface area contributed by atoms with Gasteiger partial charge < -0.3 is 29.7 Å². The number of aliphatic hydroxyl groups excluding tert-OH is 2. The van der Waals surface area contributed by atoms with Gasteiger partial charge in [0, 0.05) is 42.4 Å². The molecule has 0 aliphatic carbocycles. The van der Waals surface area contributed by atoms with Crippen molar-refractivity contribution in [2.45, 2.75) is 44.5 Å². The lowest BCUT2D eigenvalue weighted by Crippen LogP contribution is -2.45. The van der Waals surface area contributed by atoms with Crippen LogP contribution in [0.5, 0.6) is 11.5 Å². The fraction of sp³-hybridized carbons (Fsp3) is 0.520. The maximum Gasteiger partial charge on any atom is 0.126 e. The van der Waals surface area contributed by atoms with E-state index >= 15 is 0 Å². The van der Waals surface area contributed by atoms with Crippen LogP contribution in [-0.4, -0.2) is 55.3 Å². The molecule has 7 heteroatoms. The van der Waals surface area contributed by atoms with E-state index in [-0.39, 0.29) is 12.7 Å². The zero-order chi connectivity index (χ0) is 22.5. The van der Waals surface area contributed by atoms with Gasteiger partial charge in [0.1, 0.15) is 11.5 Å². The van der Waals surface area contributed by atoms with E-state index in [1.54, 1.807) is 0 Å². The van der Waals surface area contributed by atoms with E-state index in [0.29, 0.717) is 49.2 Å². The molecule has 0 radical (unpaired) electrons. The van der Waals surface area contributed by atoms with Crippen LogP contribution in [0.15, 0.2) is 36.4 Å². The summed E-state index contributed by atoms with van der Waals surface area (Å²) in [7, 11) is 0. The molecule has 2 heterocycles. The second-order valence-corrected chi connectivity index (χ2v) is 9.03. The van der Waals surface area contributed by atoms with Gasteiger partial charge in [-0.05, 0) is 48.7 Å². The maximum absolute atomic E-state index is 10.3. The molecule has 2 fully saturated rings. The number of hydrogen-bond acceptors (Lipinski definition) is 6. The van der Waals surface area contributed by atoms with Crippen molar-refractivity contribution >= 4 is 11.6 Å². The summed E-state index contributed by atoms with van der Waals surface area (Å²) >= 11 is 6.67. The monoisotopic (exact) mass is 461 g/mol. The Kier molecular flexibility index (Phi) is 7.92. The van der Waals surface area contributed by atoms with E-state index in [4.69, 9.17) is 25.8 Å². The first-order valence-electron chi connectivity index (χ1n) is 11.4. The van der Waals surface area contributed by atoms with E-state index in [0.717, 1.165) is 35.5 Å². The van der Waals surface area contributed by atoms with E-state index in [1.165, 1.54) is 0 Å². The third-order valence-electron chi connectivity index (χ3n) is 6.08. The minimum Gasteiger partial charge on any atom is -0.494 e. The third-order valence-corrected chi connectivity index (χ3v) is 6.43. The average molecular weight is 462 g/mol. The van der Waals surface area contributed by atoms with Crippen LogP contribution in [-0.2, 0) is 11.2 Å². The first-order valence-corrected chi connectivity index (χ1v) is 11.8. The second kappa shape index (κ2) is 10.9. The molecule has 0 aromatic heterocycles. The Morgan fingerprint density at radius 3 is 2.56 bits per heavy atom. The molecule has 2 aliphatic heterocycles. The lowest BCUT2D eigenvalue weighted by atomic mass is 9.93. The van der Waals surface area contributed by atoms with E-state index in [2.05, 4.69) is 5.32 Å². The Morgan fingerprint density at radius 1 is 1.12 bits per heavy atom. The Balaban J connectivity index is 1.59. The molecule has 174 valence electrons. The smallest absolute Gasteiger partial charge is 0.126 e. The normalized spacial score (nSPS) is 23.6. The van der Waals surface area contributed by atoms with Crippen molar-refractivity contribution in [3.05, 3.63) is 58.1 Å². The Morgan fingerprint density at radius 2 is 1.91 bits per heavy atom. The van der Waals surface area contributed by atoms with Crippen LogP contribution in [0.4, 0.5) is 0 Å². The molecule has 2 saturated heterocycles. The van der Waals surface area contributed by atoms with Crippen LogP contribution in [0.1, 0.15) is 42.6 Å². The lowest BCUT2D eigenvalue weighted by Gasteiger charge is -2.34. The highest BCUT2D eigenvalue weighted by Gasteiger charge is 2.31. The molecule has 4 rings (SSSR count). The van der Waals surface area contributed by atoms with Gasteiger partial charge in [0.15, 0.2) is 0 Å². The quantitative estimate of drug-likeness (QED) is 0.530. The summed E-state index contributed by atoms with van der Waals surface area (Å²) in [4.78, 5) is 0. The molecule has 1 unspecified atom stereocenters. The van der Waals surface area contributed by atoms with Crippen molar-refractivity contribution in [1.82, 2.24) is 5.32 Å². The number of halogens is 1.